The number of fused-ring (bicyclic) bond motifs is 1. The quantitative estimate of drug-likeness (QED) is 0.445. The first-order valence-corrected chi connectivity index (χ1v) is 10.0. The number of hydrogen-bond donors (Lipinski definition) is 1. The lowest BCUT2D eigenvalue weighted by Crippen LogP contribution is -2.15. The molecule has 0 saturated heterocycles. The van der Waals surface area contributed by atoms with Crippen molar-refractivity contribution in [2.45, 2.75) is 6.54 Å². The van der Waals surface area contributed by atoms with Crippen molar-refractivity contribution in [1.29, 1.82) is 0 Å². The highest BCUT2D eigenvalue weighted by atomic mass is 35.5. The molecule has 0 spiro atoms. The summed E-state index contributed by atoms with van der Waals surface area (Å²) in [5.41, 5.74) is 3.58. The topological polar surface area (TPSA) is 77.1 Å². The lowest BCUT2D eigenvalue weighted by atomic mass is 10.1. The SMILES string of the molecule is O=C(Nc1ccnc2ccnn12)c1cn(Cc2ccccc2)nc1-c1ccc(Cl)cc1. The molecule has 0 aliphatic carbocycles. The second-order valence-corrected chi connectivity index (χ2v) is 7.40. The van der Waals surface area contributed by atoms with Crippen LogP contribution in [0.15, 0.2) is 85.3 Å². The van der Waals surface area contributed by atoms with Crippen LogP contribution in [0.1, 0.15) is 15.9 Å². The number of halogens is 1. The van der Waals surface area contributed by atoms with Gasteiger partial charge in [-0.05, 0) is 23.8 Å². The highest BCUT2D eigenvalue weighted by Gasteiger charge is 2.19. The summed E-state index contributed by atoms with van der Waals surface area (Å²) in [4.78, 5) is 17.5. The molecule has 5 aromatic rings. The van der Waals surface area contributed by atoms with Gasteiger partial charge in [-0.2, -0.15) is 14.7 Å². The van der Waals surface area contributed by atoms with E-state index in [9.17, 15) is 4.79 Å². The van der Waals surface area contributed by atoms with Crippen LogP contribution in [-0.4, -0.2) is 30.3 Å². The number of carbonyl (C=O) groups excluding carboxylic acids is 1. The van der Waals surface area contributed by atoms with Gasteiger partial charge in [0.15, 0.2) is 5.65 Å². The van der Waals surface area contributed by atoms with Crippen LogP contribution in [0.2, 0.25) is 5.02 Å². The van der Waals surface area contributed by atoms with Gasteiger partial charge in [0.25, 0.3) is 5.91 Å². The standard InChI is InChI=1S/C23H17ClN6O/c24-18-8-6-17(7-9-18)22-19(15-29(28-22)14-16-4-2-1-3-5-16)23(31)27-21-10-12-25-20-11-13-26-30(20)21/h1-13,15H,14H2,(H,27,31). The molecule has 3 aromatic heterocycles. The van der Waals surface area contributed by atoms with Crippen LogP contribution in [-0.2, 0) is 6.54 Å². The molecule has 1 amide bonds. The van der Waals surface area contributed by atoms with Gasteiger partial charge in [-0.25, -0.2) is 4.98 Å². The fourth-order valence-corrected chi connectivity index (χ4v) is 3.50. The summed E-state index contributed by atoms with van der Waals surface area (Å²) < 4.78 is 3.35. The van der Waals surface area contributed by atoms with Gasteiger partial charge in [0.2, 0.25) is 0 Å². The first kappa shape index (κ1) is 19.0. The molecule has 7 nitrogen and oxygen atoms in total. The van der Waals surface area contributed by atoms with Crippen molar-refractivity contribution in [3.05, 3.63) is 101 Å². The van der Waals surface area contributed by atoms with Gasteiger partial charge in [-0.3, -0.25) is 9.48 Å². The molecular formula is C23H17ClN6O. The Balaban J connectivity index is 1.53. The molecule has 0 atom stereocenters. The molecule has 0 unspecified atom stereocenters. The Morgan fingerprint density at radius 3 is 2.58 bits per heavy atom. The molecule has 3 heterocycles. The molecule has 2 aromatic carbocycles. The van der Waals surface area contributed by atoms with Crippen LogP contribution in [0.3, 0.4) is 0 Å². The Bertz CT molecular complexity index is 1360. The molecule has 1 N–H and O–H groups in total. The summed E-state index contributed by atoms with van der Waals surface area (Å²) >= 11 is 6.05. The van der Waals surface area contributed by atoms with Crippen molar-refractivity contribution in [2.75, 3.05) is 5.32 Å². The summed E-state index contributed by atoms with van der Waals surface area (Å²) in [6, 6.07) is 20.7. The molecule has 5 rings (SSSR count). The summed E-state index contributed by atoms with van der Waals surface area (Å²) in [5.74, 6) is 0.241. The average molecular weight is 429 g/mol. The zero-order chi connectivity index (χ0) is 21.2. The number of rotatable bonds is 5. The molecule has 0 radical (unpaired) electrons. The van der Waals surface area contributed by atoms with Crippen molar-refractivity contribution in [3.8, 4) is 11.3 Å². The molecule has 0 saturated carbocycles. The zero-order valence-corrected chi connectivity index (χ0v) is 17.1. The first-order valence-electron chi connectivity index (χ1n) is 9.65. The molecular weight excluding hydrogens is 412 g/mol. The second kappa shape index (κ2) is 8.04. The number of carbonyl (C=O) groups is 1. The monoisotopic (exact) mass is 428 g/mol. The third kappa shape index (κ3) is 3.91. The van der Waals surface area contributed by atoms with Crippen LogP contribution in [0.5, 0.6) is 0 Å². The number of benzene rings is 2. The van der Waals surface area contributed by atoms with Crippen molar-refractivity contribution >= 4 is 29.0 Å². The van der Waals surface area contributed by atoms with Crippen LogP contribution >= 0.6 is 11.6 Å². The number of nitrogens with one attached hydrogen (secondary N) is 1. The van der Waals surface area contributed by atoms with Crippen LogP contribution in [0.4, 0.5) is 5.82 Å². The van der Waals surface area contributed by atoms with E-state index in [1.54, 1.807) is 52.1 Å². The minimum Gasteiger partial charge on any atom is -0.306 e. The third-order valence-corrected chi connectivity index (χ3v) is 5.10. The van der Waals surface area contributed by atoms with E-state index in [0.29, 0.717) is 34.3 Å². The highest BCUT2D eigenvalue weighted by molar-refractivity contribution is 6.30. The predicted octanol–water partition coefficient (Wildman–Crippen LogP) is 4.55. The fourth-order valence-electron chi connectivity index (χ4n) is 3.37. The Labute approximate surface area is 182 Å². The Morgan fingerprint density at radius 2 is 1.77 bits per heavy atom. The lowest BCUT2D eigenvalue weighted by molar-refractivity contribution is 0.102. The number of amides is 1. The van der Waals surface area contributed by atoms with Gasteiger partial charge < -0.3 is 5.32 Å². The maximum absolute atomic E-state index is 13.3. The van der Waals surface area contributed by atoms with Crippen molar-refractivity contribution < 1.29 is 4.79 Å². The van der Waals surface area contributed by atoms with Gasteiger partial charge in [-0.15, -0.1) is 0 Å². The number of nitrogens with zero attached hydrogens (tertiary/aromatic N) is 5. The van der Waals surface area contributed by atoms with Crippen molar-refractivity contribution in [2.24, 2.45) is 0 Å². The van der Waals surface area contributed by atoms with Crippen molar-refractivity contribution in [3.63, 3.8) is 0 Å². The van der Waals surface area contributed by atoms with Gasteiger partial charge in [0.05, 0.1) is 18.3 Å². The largest absolute Gasteiger partial charge is 0.306 e. The molecule has 31 heavy (non-hydrogen) atoms. The maximum atomic E-state index is 13.3. The summed E-state index contributed by atoms with van der Waals surface area (Å²) in [7, 11) is 0. The van der Waals surface area contributed by atoms with E-state index >= 15 is 0 Å². The summed E-state index contributed by atoms with van der Waals surface area (Å²) in [6.45, 7) is 0.549. The summed E-state index contributed by atoms with van der Waals surface area (Å²) in [5, 5.41) is 12.5. The van der Waals surface area contributed by atoms with E-state index < -0.39 is 0 Å². The molecule has 0 bridgehead atoms. The smallest absolute Gasteiger partial charge is 0.260 e. The van der Waals surface area contributed by atoms with Crippen LogP contribution < -0.4 is 5.32 Å². The van der Waals surface area contributed by atoms with Gasteiger partial charge in [0.1, 0.15) is 11.5 Å². The van der Waals surface area contributed by atoms with E-state index in [2.05, 4.69) is 15.4 Å². The minimum absolute atomic E-state index is 0.285. The number of hydrogen-bond acceptors (Lipinski definition) is 4. The highest BCUT2D eigenvalue weighted by Crippen LogP contribution is 2.25. The Hall–Kier alpha value is -3.97. The van der Waals surface area contributed by atoms with E-state index in [1.165, 1.54) is 0 Å². The molecule has 8 heteroatoms. The Morgan fingerprint density at radius 1 is 0.968 bits per heavy atom. The first-order chi connectivity index (χ1) is 15.2. The van der Waals surface area contributed by atoms with E-state index in [1.807, 2.05) is 42.5 Å². The van der Waals surface area contributed by atoms with Gasteiger partial charge in [-0.1, -0.05) is 54.1 Å². The average Bonchev–Trinajstić information content (AvgIpc) is 3.43. The van der Waals surface area contributed by atoms with Crippen LogP contribution in [0.25, 0.3) is 16.9 Å². The third-order valence-electron chi connectivity index (χ3n) is 4.84. The normalized spacial score (nSPS) is 11.0. The zero-order valence-electron chi connectivity index (χ0n) is 16.3. The van der Waals surface area contributed by atoms with Gasteiger partial charge >= 0.3 is 0 Å². The minimum atomic E-state index is -0.285. The molecule has 152 valence electrons. The van der Waals surface area contributed by atoms with E-state index in [-0.39, 0.29) is 5.91 Å². The molecule has 0 aliphatic heterocycles. The van der Waals surface area contributed by atoms with Gasteiger partial charge in [0, 0.05) is 29.0 Å². The molecule has 0 aliphatic rings. The molecule has 0 fully saturated rings. The Kier molecular flexibility index (Phi) is 4.93. The number of anilines is 1. The van der Waals surface area contributed by atoms with E-state index in [0.717, 1.165) is 11.1 Å². The maximum Gasteiger partial charge on any atom is 0.260 e. The van der Waals surface area contributed by atoms with Crippen LogP contribution in [0, 0.1) is 0 Å². The van der Waals surface area contributed by atoms with E-state index in [4.69, 9.17) is 16.7 Å². The fraction of sp³-hybridized carbons (Fsp3) is 0.0435. The lowest BCUT2D eigenvalue weighted by Gasteiger charge is -2.07. The predicted molar refractivity (Wildman–Crippen MR) is 119 cm³/mol. The number of aromatic nitrogens is 5. The summed E-state index contributed by atoms with van der Waals surface area (Å²) in [6.07, 6.45) is 5.02. The second-order valence-electron chi connectivity index (χ2n) is 6.97. The van der Waals surface area contributed by atoms with Crippen molar-refractivity contribution in [1.82, 2.24) is 24.4 Å².